The second kappa shape index (κ2) is 9.08. The van der Waals surface area contributed by atoms with Gasteiger partial charge in [-0.1, -0.05) is 12.1 Å². The fourth-order valence-corrected chi connectivity index (χ4v) is 6.08. The molecule has 1 amide bonds. The number of nitrogens with zero attached hydrogens (tertiary/aromatic N) is 2. The number of rotatable bonds is 4. The average molecular weight is 449 g/mol. The molecule has 1 aromatic rings. The van der Waals surface area contributed by atoms with Crippen LogP contribution in [0.3, 0.4) is 0 Å². The summed E-state index contributed by atoms with van der Waals surface area (Å²) in [6.07, 6.45) is 8.22. The molecule has 1 spiro atoms. The summed E-state index contributed by atoms with van der Waals surface area (Å²) in [7, 11) is 1.97. The molecule has 0 bridgehead atoms. The van der Waals surface area contributed by atoms with Gasteiger partial charge in [-0.15, -0.1) is 12.4 Å². The Kier molecular flexibility index (Phi) is 6.61. The van der Waals surface area contributed by atoms with Crippen LogP contribution in [-0.2, 0) is 27.3 Å². The number of hydrogen-bond donors (Lipinski definition) is 0. The van der Waals surface area contributed by atoms with E-state index >= 15 is 0 Å². The van der Waals surface area contributed by atoms with Gasteiger partial charge < -0.3 is 14.4 Å². The standard InChI is InChI=1S/C24H32N2O4.ClH/c1-25(22(27)14-17-6-4-7-18-19(17)16-29-23(18)28)20-8-10-24(9-5-13-30-24)15-21(20)26-11-2-3-12-26;/h4,6-7,20-21H,2-3,5,8-16H2,1H3;1H/t20-,21+,24+;/m0./s1. The molecule has 170 valence electrons. The van der Waals surface area contributed by atoms with Gasteiger partial charge in [0.05, 0.1) is 17.6 Å². The zero-order chi connectivity index (χ0) is 20.7. The van der Waals surface area contributed by atoms with Crippen LogP contribution in [0, 0.1) is 0 Å². The molecule has 0 aromatic heterocycles. The highest BCUT2D eigenvalue weighted by atomic mass is 35.5. The Morgan fingerprint density at radius 2 is 2.03 bits per heavy atom. The van der Waals surface area contributed by atoms with Crippen molar-refractivity contribution in [1.82, 2.24) is 9.80 Å². The molecule has 1 saturated carbocycles. The minimum atomic E-state index is -0.282. The normalized spacial score (nSPS) is 30.2. The number of carbonyl (C=O) groups is 2. The third-order valence-electron chi connectivity index (χ3n) is 7.79. The maximum absolute atomic E-state index is 13.3. The van der Waals surface area contributed by atoms with Crippen LogP contribution in [0.25, 0.3) is 0 Å². The molecule has 3 fully saturated rings. The van der Waals surface area contributed by atoms with E-state index in [1.807, 2.05) is 24.1 Å². The number of amides is 1. The highest BCUT2D eigenvalue weighted by Gasteiger charge is 2.47. The lowest BCUT2D eigenvalue weighted by Crippen LogP contribution is -2.58. The number of fused-ring (bicyclic) bond motifs is 1. The highest BCUT2D eigenvalue weighted by Crippen LogP contribution is 2.43. The van der Waals surface area contributed by atoms with Crippen LogP contribution in [0.1, 0.15) is 66.4 Å². The second-order valence-corrected chi connectivity index (χ2v) is 9.46. The van der Waals surface area contributed by atoms with E-state index in [-0.39, 0.29) is 42.5 Å². The van der Waals surface area contributed by atoms with Gasteiger partial charge >= 0.3 is 5.97 Å². The van der Waals surface area contributed by atoms with Gasteiger partial charge in [0.2, 0.25) is 5.91 Å². The summed E-state index contributed by atoms with van der Waals surface area (Å²) in [5.41, 5.74) is 2.43. The largest absolute Gasteiger partial charge is 0.457 e. The molecule has 1 aliphatic carbocycles. The number of cyclic esters (lactones) is 1. The summed E-state index contributed by atoms with van der Waals surface area (Å²) in [6, 6.07) is 6.18. The second-order valence-electron chi connectivity index (χ2n) is 9.46. The van der Waals surface area contributed by atoms with Crippen molar-refractivity contribution >= 4 is 24.3 Å². The predicted molar refractivity (Wildman–Crippen MR) is 119 cm³/mol. The molecule has 2 saturated heterocycles. The third kappa shape index (κ3) is 4.22. The van der Waals surface area contributed by atoms with Crippen LogP contribution < -0.4 is 0 Å². The molecule has 3 atom stereocenters. The van der Waals surface area contributed by atoms with Gasteiger partial charge in [-0.25, -0.2) is 4.79 Å². The number of halogens is 1. The lowest BCUT2D eigenvalue weighted by molar-refractivity contribution is -0.136. The molecule has 0 N–H and O–H groups in total. The van der Waals surface area contributed by atoms with Gasteiger partial charge in [0, 0.05) is 31.3 Å². The van der Waals surface area contributed by atoms with Crippen molar-refractivity contribution in [2.75, 3.05) is 26.7 Å². The van der Waals surface area contributed by atoms with Gasteiger partial charge in [0.15, 0.2) is 0 Å². The van der Waals surface area contributed by atoms with Crippen molar-refractivity contribution in [3.05, 3.63) is 34.9 Å². The van der Waals surface area contributed by atoms with E-state index in [9.17, 15) is 9.59 Å². The van der Waals surface area contributed by atoms with Crippen LogP contribution >= 0.6 is 12.4 Å². The zero-order valence-electron chi connectivity index (χ0n) is 18.3. The van der Waals surface area contributed by atoms with Gasteiger partial charge in [-0.05, 0) is 69.7 Å². The molecule has 3 heterocycles. The maximum atomic E-state index is 13.3. The Morgan fingerprint density at radius 1 is 1.23 bits per heavy atom. The van der Waals surface area contributed by atoms with Gasteiger partial charge in [0.1, 0.15) is 6.61 Å². The molecular formula is C24H33ClN2O4. The van der Waals surface area contributed by atoms with Crippen molar-refractivity contribution in [3.63, 3.8) is 0 Å². The van der Waals surface area contributed by atoms with Crippen molar-refractivity contribution in [2.24, 2.45) is 0 Å². The first-order chi connectivity index (χ1) is 14.6. The number of hydrogen-bond acceptors (Lipinski definition) is 5. The molecule has 1 aromatic carbocycles. The highest BCUT2D eigenvalue weighted by molar-refractivity contribution is 5.94. The Balaban J connectivity index is 0.00000231. The summed E-state index contributed by atoms with van der Waals surface area (Å²) >= 11 is 0. The monoisotopic (exact) mass is 448 g/mol. The van der Waals surface area contributed by atoms with Crippen LogP contribution in [-0.4, -0.2) is 66.1 Å². The number of likely N-dealkylation sites (N-methyl/N-ethyl adjacent to an activating group) is 1. The average Bonchev–Trinajstić information content (AvgIpc) is 3.51. The first-order valence-electron chi connectivity index (χ1n) is 11.5. The number of esters is 1. The van der Waals surface area contributed by atoms with E-state index in [1.165, 1.54) is 12.8 Å². The summed E-state index contributed by atoms with van der Waals surface area (Å²) < 4.78 is 11.4. The first kappa shape index (κ1) is 22.6. The molecular weight excluding hydrogens is 416 g/mol. The minimum Gasteiger partial charge on any atom is -0.457 e. The molecule has 3 aliphatic heterocycles. The third-order valence-corrected chi connectivity index (χ3v) is 7.79. The van der Waals surface area contributed by atoms with Crippen molar-refractivity contribution in [1.29, 1.82) is 0 Å². The van der Waals surface area contributed by atoms with E-state index in [2.05, 4.69) is 4.90 Å². The predicted octanol–water partition coefficient (Wildman–Crippen LogP) is 3.35. The van der Waals surface area contributed by atoms with Crippen molar-refractivity contribution in [2.45, 2.75) is 75.7 Å². The topological polar surface area (TPSA) is 59.1 Å². The molecule has 7 heteroatoms. The van der Waals surface area contributed by atoms with E-state index in [0.29, 0.717) is 18.0 Å². The molecule has 31 heavy (non-hydrogen) atoms. The van der Waals surface area contributed by atoms with E-state index in [0.717, 1.165) is 62.9 Å². The molecule has 6 nitrogen and oxygen atoms in total. The van der Waals surface area contributed by atoms with Gasteiger partial charge in [-0.2, -0.15) is 0 Å². The van der Waals surface area contributed by atoms with Crippen LogP contribution in [0.4, 0.5) is 0 Å². The van der Waals surface area contributed by atoms with Gasteiger partial charge in [0.25, 0.3) is 0 Å². The summed E-state index contributed by atoms with van der Waals surface area (Å²) in [5.74, 6) is -0.156. The van der Waals surface area contributed by atoms with Crippen LogP contribution in [0.2, 0.25) is 0 Å². The lowest BCUT2D eigenvalue weighted by Gasteiger charge is -2.48. The van der Waals surface area contributed by atoms with E-state index < -0.39 is 0 Å². The molecule has 4 aliphatic rings. The zero-order valence-corrected chi connectivity index (χ0v) is 19.1. The van der Waals surface area contributed by atoms with Gasteiger partial charge in [-0.3, -0.25) is 9.69 Å². The number of ether oxygens (including phenoxy) is 2. The Morgan fingerprint density at radius 3 is 2.77 bits per heavy atom. The van der Waals surface area contributed by atoms with E-state index in [1.54, 1.807) is 6.07 Å². The Labute approximate surface area is 190 Å². The number of benzene rings is 1. The fourth-order valence-electron chi connectivity index (χ4n) is 6.08. The number of likely N-dealkylation sites (tertiary alicyclic amines) is 1. The fraction of sp³-hybridized carbons (Fsp3) is 0.667. The minimum absolute atomic E-state index is 0. The summed E-state index contributed by atoms with van der Waals surface area (Å²) in [5, 5.41) is 0. The first-order valence-corrected chi connectivity index (χ1v) is 11.5. The number of carbonyl (C=O) groups excluding carboxylic acids is 2. The molecule has 0 radical (unpaired) electrons. The smallest absolute Gasteiger partial charge is 0.338 e. The maximum Gasteiger partial charge on any atom is 0.338 e. The Bertz CT molecular complexity index is 833. The summed E-state index contributed by atoms with van der Waals surface area (Å²) in [6.45, 7) is 3.42. The SMILES string of the molecule is CN(C(=O)Cc1cccc2c1COC2=O)[C@H]1CC[C@]2(CCCO2)C[C@H]1N1CCCC1.Cl. The van der Waals surface area contributed by atoms with Crippen LogP contribution in [0.5, 0.6) is 0 Å². The summed E-state index contributed by atoms with van der Waals surface area (Å²) in [4.78, 5) is 29.8. The van der Waals surface area contributed by atoms with Crippen LogP contribution in [0.15, 0.2) is 18.2 Å². The molecule has 0 unspecified atom stereocenters. The molecule has 5 rings (SSSR count). The van der Waals surface area contributed by atoms with Crippen molar-refractivity contribution < 1.29 is 19.1 Å². The lowest BCUT2D eigenvalue weighted by atomic mass is 9.76. The van der Waals surface area contributed by atoms with E-state index in [4.69, 9.17) is 9.47 Å². The van der Waals surface area contributed by atoms with Crippen molar-refractivity contribution in [3.8, 4) is 0 Å². The quantitative estimate of drug-likeness (QED) is 0.661. The Hall–Kier alpha value is -1.63.